The summed E-state index contributed by atoms with van der Waals surface area (Å²) >= 11 is 0. The summed E-state index contributed by atoms with van der Waals surface area (Å²) in [6, 6.07) is 9.76. The van der Waals surface area contributed by atoms with Crippen molar-refractivity contribution < 1.29 is 9.53 Å². The topological polar surface area (TPSA) is 64.3 Å². The van der Waals surface area contributed by atoms with Gasteiger partial charge in [-0.2, -0.15) is 0 Å². The zero-order valence-electron chi connectivity index (χ0n) is 11.3. The summed E-state index contributed by atoms with van der Waals surface area (Å²) in [6.45, 7) is 6.33. The van der Waals surface area contributed by atoms with Crippen molar-refractivity contribution in [3.63, 3.8) is 0 Å². The Morgan fingerprint density at radius 2 is 2.00 bits per heavy atom. The van der Waals surface area contributed by atoms with Gasteiger partial charge in [-0.1, -0.05) is 18.2 Å². The SMILES string of the molecule is CCOC(=O)[C@H](CN)C(C)(C)Nc1ccccc1. The molecule has 4 nitrogen and oxygen atoms in total. The van der Waals surface area contributed by atoms with Crippen molar-refractivity contribution in [3.8, 4) is 0 Å². The maximum absolute atomic E-state index is 11.9. The Hall–Kier alpha value is -1.55. The quantitative estimate of drug-likeness (QED) is 0.758. The van der Waals surface area contributed by atoms with E-state index in [1.807, 2.05) is 44.2 Å². The Morgan fingerprint density at radius 3 is 2.50 bits per heavy atom. The number of hydrogen-bond acceptors (Lipinski definition) is 4. The predicted molar refractivity (Wildman–Crippen MR) is 73.3 cm³/mol. The molecule has 4 heteroatoms. The van der Waals surface area contributed by atoms with Crippen LogP contribution in [-0.4, -0.2) is 24.7 Å². The van der Waals surface area contributed by atoms with Gasteiger partial charge in [0.1, 0.15) is 0 Å². The van der Waals surface area contributed by atoms with Gasteiger partial charge in [0.25, 0.3) is 0 Å². The molecule has 0 saturated carbocycles. The molecule has 0 spiro atoms. The first-order valence-corrected chi connectivity index (χ1v) is 6.21. The van der Waals surface area contributed by atoms with E-state index in [4.69, 9.17) is 10.5 Å². The van der Waals surface area contributed by atoms with E-state index in [9.17, 15) is 4.79 Å². The molecule has 3 N–H and O–H groups in total. The van der Waals surface area contributed by atoms with Crippen molar-refractivity contribution in [3.05, 3.63) is 30.3 Å². The molecule has 18 heavy (non-hydrogen) atoms. The standard InChI is InChI=1S/C14H22N2O2/c1-4-18-13(17)12(10-15)14(2,3)16-11-8-6-5-7-9-11/h5-9,12,16H,4,10,15H2,1-3H3/t12-/m0/s1. The summed E-state index contributed by atoms with van der Waals surface area (Å²) in [7, 11) is 0. The molecule has 1 atom stereocenters. The normalized spacial score (nSPS) is 12.9. The van der Waals surface area contributed by atoms with Crippen molar-refractivity contribution in [1.29, 1.82) is 0 Å². The molecule has 0 aromatic heterocycles. The van der Waals surface area contributed by atoms with Gasteiger partial charge in [-0.25, -0.2) is 0 Å². The van der Waals surface area contributed by atoms with E-state index in [1.165, 1.54) is 0 Å². The van der Waals surface area contributed by atoms with Crippen LogP contribution in [0.25, 0.3) is 0 Å². The van der Waals surface area contributed by atoms with E-state index in [0.717, 1.165) is 5.69 Å². The van der Waals surface area contributed by atoms with Gasteiger partial charge in [-0.15, -0.1) is 0 Å². The molecule has 0 fully saturated rings. The number of benzene rings is 1. The van der Waals surface area contributed by atoms with Crippen LogP contribution in [0.1, 0.15) is 20.8 Å². The van der Waals surface area contributed by atoms with Crippen LogP contribution in [0.5, 0.6) is 0 Å². The van der Waals surface area contributed by atoms with E-state index >= 15 is 0 Å². The molecule has 1 aromatic rings. The largest absolute Gasteiger partial charge is 0.466 e. The minimum Gasteiger partial charge on any atom is -0.466 e. The van der Waals surface area contributed by atoms with Crippen molar-refractivity contribution >= 4 is 11.7 Å². The molecule has 0 aliphatic heterocycles. The average molecular weight is 250 g/mol. The van der Waals surface area contributed by atoms with Crippen molar-refractivity contribution in [2.75, 3.05) is 18.5 Å². The van der Waals surface area contributed by atoms with Crippen molar-refractivity contribution in [2.24, 2.45) is 11.7 Å². The highest BCUT2D eigenvalue weighted by molar-refractivity contribution is 5.75. The van der Waals surface area contributed by atoms with Crippen LogP contribution in [0.3, 0.4) is 0 Å². The molecule has 0 aliphatic carbocycles. The Kier molecular flexibility index (Phi) is 5.16. The van der Waals surface area contributed by atoms with Crippen LogP contribution < -0.4 is 11.1 Å². The summed E-state index contributed by atoms with van der Waals surface area (Å²) < 4.78 is 5.06. The first kappa shape index (κ1) is 14.5. The second kappa shape index (κ2) is 6.40. The van der Waals surface area contributed by atoms with Crippen LogP contribution in [0.4, 0.5) is 5.69 Å². The highest BCUT2D eigenvalue weighted by Crippen LogP contribution is 2.23. The maximum Gasteiger partial charge on any atom is 0.312 e. The highest BCUT2D eigenvalue weighted by atomic mass is 16.5. The fourth-order valence-corrected chi connectivity index (χ4v) is 1.91. The Balaban J connectivity index is 2.79. The van der Waals surface area contributed by atoms with Gasteiger partial charge in [0.05, 0.1) is 12.5 Å². The molecule has 0 unspecified atom stereocenters. The molecule has 100 valence electrons. The Labute approximate surface area is 109 Å². The molecular weight excluding hydrogens is 228 g/mol. The van der Waals surface area contributed by atoms with Gasteiger partial charge in [0.2, 0.25) is 0 Å². The summed E-state index contributed by atoms with van der Waals surface area (Å²) in [5.74, 6) is -0.633. The van der Waals surface area contributed by atoms with Crippen molar-refractivity contribution in [1.82, 2.24) is 0 Å². The van der Waals surface area contributed by atoms with Crippen LogP contribution in [0, 0.1) is 5.92 Å². The Morgan fingerprint density at radius 1 is 1.39 bits per heavy atom. The molecule has 0 aliphatic rings. The zero-order valence-corrected chi connectivity index (χ0v) is 11.3. The van der Waals surface area contributed by atoms with Crippen LogP contribution in [-0.2, 0) is 9.53 Å². The molecule has 0 saturated heterocycles. The molecule has 1 aromatic carbocycles. The summed E-state index contributed by atoms with van der Waals surface area (Å²) in [5.41, 5.74) is 6.21. The Bertz CT molecular complexity index is 377. The zero-order chi connectivity index (χ0) is 13.6. The lowest BCUT2D eigenvalue weighted by Crippen LogP contribution is -2.48. The third-order valence-corrected chi connectivity index (χ3v) is 2.92. The lowest BCUT2D eigenvalue weighted by molar-refractivity contribution is -0.149. The smallest absolute Gasteiger partial charge is 0.312 e. The van der Waals surface area contributed by atoms with Crippen molar-refractivity contribution in [2.45, 2.75) is 26.3 Å². The third-order valence-electron chi connectivity index (χ3n) is 2.92. The number of ether oxygens (including phenoxy) is 1. The van der Waals surface area contributed by atoms with Gasteiger partial charge in [0.15, 0.2) is 0 Å². The van der Waals surface area contributed by atoms with E-state index in [1.54, 1.807) is 6.92 Å². The van der Waals surface area contributed by atoms with Gasteiger partial charge in [-0.05, 0) is 32.9 Å². The third kappa shape index (κ3) is 3.74. The van der Waals surface area contributed by atoms with E-state index < -0.39 is 5.54 Å². The van der Waals surface area contributed by atoms with E-state index in [-0.39, 0.29) is 18.4 Å². The van der Waals surface area contributed by atoms with Gasteiger partial charge >= 0.3 is 5.97 Å². The number of carbonyl (C=O) groups excluding carboxylic acids is 1. The maximum atomic E-state index is 11.9. The molecule has 0 radical (unpaired) electrons. The fraction of sp³-hybridized carbons (Fsp3) is 0.500. The van der Waals surface area contributed by atoms with Crippen LogP contribution in [0.15, 0.2) is 30.3 Å². The summed E-state index contributed by atoms with van der Waals surface area (Å²) in [6.07, 6.45) is 0. The summed E-state index contributed by atoms with van der Waals surface area (Å²) in [5, 5.41) is 3.33. The molecular formula is C14H22N2O2. The minimum absolute atomic E-state index is 0.256. The monoisotopic (exact) mass is 250 g/mol. The number of rotatable bonds is 6. The number of esters is 1. The minimum atomic E-state index is -0.456. The number of nitrogens with two attached hydrogens (primary N) is 1. The van der Waals surface area contributed by atoms with Gasteiger partial charge in [-0.3, -0.25) is 4.79 Å². The highest BCUT2D eigenvalue weighted by Gasteiger charge is 2.35. The lowest BCUT2D eigenvalue weighted by Gasteiger charge is -2.33. The second-order valence-corrected chi connectivity index (χ2v) is 4.75. The van der Waals surface area contributed by atoms with Gasteiger partial charge in [0, 0.05) is 17.8 Å². The number of carbonyl (C=O) groups is 1. The first-order chi connectivity index (χ1) is 8.51. The summed E-state index contributed by atoms with van der Waals surface area (Å²) in [4.78, 5) is 11.9. The second-order valence-electron chi connectivity index (χ2n) is 4.75. The van der Waals surface area contributed by atoms with Gasteiger partial charge < -0.3 is 15.8 Å². The average Bonchev–Trinajstić information content (AvgIpc) is 2.30. The number of anilines is 1. The predicted octanol–water partition coefficient (Wildman–Crippen LogP) is 2.02. The number of hydrogen-bond donors (Lipinski definition) is 2. The van der Waals surface area contributed by atoms with Crippen LogP contribution in [0.2, 0.25) is 0 Å². The molecule has 1 rings (SSSR count). The number of nitrogens with one attached hydrogen (secondary N) is 1. The molecule has 0 bridgehead atoms. The first-order valence-electron chi connectivity index (χ1n) is 6.21. The molecule has 0 heterocycles. The lowest BCUT2D eigenvalue weighted by atomic mass is 9.87. The number of para-hydroxylation sites is 1. The fourth-order valence-electron chi connectivity index (χ4n) is 1.91. The van der Waals surface area contributed by atoms with Crippen LogP contribution >= 0.6 is 0 Å². The van der Waals surface area contributed by atoms with E-state index in [2.05, 4.69) is 5.32 Å². The van der Waals surface area contributed by atoms with E-state index in [0.29, 0.717) is 6.61 Å². The molecule has 0 amide bonds.